The van der Waals surface area contributed by atoms with Crippen molar-refractivity contribution in [2.24, 2.45) is 0 Å². The topological polar surface area (TPSA) is 42.7 Å². The number of benzene rings is 1. The summed E-state index contributed by atoms with van der Waals surface area (Å²) in [4.78, 5) is 4.29. The first-order valence-electron chi connectivity index (χ1n) is 6.00. The van der Waals surface area contributed by atoms with Crippen LogP contribution in [0.4, 0.5) is 0 Å². The normalized spacial score (nSPS) is 11.1. The van der Waals surface area contributed by atoms with Crippen molar-refractivity contribution in [1.29, 1.82) is 0 Å². The van der Waals surface area contributed by atoms with Crippen LogP contribution in [-0.2, 0) is 13.1 Å². The standard InChI is InChI=1S/C13H17BrN4/c1-10(2)15-7-13-16-9-18(17-13)8-11-5-3-4-6-12(11)14/h3-6,9-10,15H,7-8H2,1-2H3. The molecule has 0 bridgehead atoms. The maximum absolute atomic E-state index is 4.44. The van der Waals surface area contributed by atoms with Crippen molar-refractivity contribution in [3.8, 4) is 0 Å². The number of nitrogens with one attached hydrogen (secondary N) is 1. The second-order valence-corrected chi connectivity index (χ2v) is 5.34. The molecule has 1 aromatic heterocycles. The zero-order valence-corrected chi connectivity index (χ0v) is 12.2. The third kappa shape index (κ3) is 3.65. The lowest BCUT2D eigenvalue weighted by molar-refractivity contribution is 0.565. The van der Waals surface area contributed by atoms with Crippen LogP contribution in [0.15, 0.2) is 35.1 Å². The Hall–Kier alpha value is -1.20. The van der Waals surface area contributed by atoms with E-state index in [0.717, 1.165) is 16.8 Å². The van der Waals surface area contributed by atoms with Crippen LogP contribution in [0, 0.1) is 0 Å². The largest absolute Gasteiger partial charge is 0.308 e. The summed E-state index contributed by atoms with van der Waals surface area (Å²) in [6.45, 7) is 5.66. The number of aromatic nitrogens is 3. The van der Waals surface area contributed by atoms with E-state index in [1.54, 1.807) is 6.33 Å². The Kier molecular flexibility index (Phi) is 4.49. The van der Waals surface area contributed by atoms with E-state index in [9.17, 15) is 0 Å². The summed E-state index contributed by atoms with van der Waals surface area (Å²) in [5, 5.41) is 7.74. The molecule has 0 aliphatic rings. The molecular weight excluding hydrogens is 292 g/mol. The van der Waals surface area contributed by atoms with Crippen molar-refractivity contribution in [2.45, 2.75) is 33.0 Å². The minimum Gasteiger partial charge on any atom is -0.308 e. The van der Waals surface area contributed by atoms with Crippen LogP contribution in [0.1, 0.15) is 25.2 Å². The van der Waals surface area contributed by atoms with Gasteiger partial charge in [-0.25, -0.2) is 9.67 Å². The van der Waals surface area contributed by atoms with Gasteiger partial charge in [0.05, 0.1) is 13.1 Å². The molecule has 1 aromatic carbocycles. The van der Waals surface area contributed by atoms with Crippen LogP contribution < -0.4 is 5.32 Å². The van der Waals surface area contributed by atoms with Gasteiger partial charge in [-0.05, 0) is 11.6 Å². The van der Waals surface area contributed by atoms with Crippen molar-refractivity contribution < 1.29 is 0 Å². The predicted octanol–water partition coefficient (Wildman–Crippen LogP) is 2.59. The molecule has 96 valence electrons. The third-order valence-electron chi connectivity index (χ3n) is 2.54. The van der Waals surface area contributed by atoms with Crippen LogP contribution in [0.5, 0.6) is 0 Å². The van der Waals surface area contributed by atoms with E-state index >= 15 is 0 Å². The fourth-order valence-electron chi connectivity index (χ4n) is 1.59. The highest BCUT2D eigenvalue weighted by atomic mass is 79.9. The van der Waals surface area contributed by atoms with Crippen molar-refractivity contribution in [3.63, 3.8) is 0 Å². The Bertz CT molecular complexity index is 507. The smallest absolute Gasteiger partial charge is 0.164 e. The van der Waals surface area contributed by atoms with Crippen molar-refractivity contribution in [1.82, 2.24) is 20.1 Å². The SMILES string of the molecule is CC(C)NCc1ncn(Cc2ccccc2Br)n1. The van der Waals surface area contributed by atoms with Crippen LogP contribution >= 0.6 is 15.9 Å². The number of hydrogen-bond donors (Lipinski definition) is 1. The van der Waals surface area contributed by atoms with E-state index in [-0.39, 0.29) is 0 Å². The Balaban J connectivity index is 2.00. The van der Waals surface area contributed by atoms with Gasteiger partial charge in [0, 0.05) is 10.5 Å². The van der Waals surface area contributed by atoms with Gasteiger partial charge in [-0.15, -0.1) is 0 Å². The fourth-order valence-corrected chi connectivity index (χ4v) is 2.00. The molecule has 0 aliphatic carbocycles. The summed E-state index contributed by atoms with van der Waals surface area (Å²) in [5.74, 6) is 0.829. The van der Waals surface area contributed by atoms with Gasteiger partial charge in [-0.2, -0.15) is 5.10 Å². The average Bonchev–Trinajstić information content (AvgIpc) is 2.77. The minimum atomic E-state index is 0.445. The molecule has 5 heteroatoms. The predicted molar refractivity (Wildman–Crippen MR) is 75.2 cm³/mol. The molecule has 0 fully saturated rings. The second kappa shape index (κ2) is 6.11. The summed E-state index contributed by atoms with van der Waals surface area (Å²) in [5.41, 5.74) is 1.20. The lowest BCUT2D eigenvalue weighted by Crippen LogP contribution is -2.22. The quantitative estimate of drug-likeness (QED) is 0.923. The van der Waals surface area contributed by atoms with Gasteiger partial charge in [-0.1, -0.05) is 48.0 Å². The number of nitrogens with zero attached hydrogens (tertiary/aromatic N) is 3. The Morgan fingerprint density at radius 1 is 1.33 bits per heavy atom. The van der Waals surface area contributed by atoms with Gasteiger partial charge >= 0.3 is 0 Å². The van der Waals surface area contributed by atoms with Crippen molar-refractivity contribution in [2.75, 3.05) is 0 Å². The molecule has 2 aromatic rings. The monoisotopic (exact) mass is 308 g/mol. The third-order valence-corrected chi connectivity index (χ3v) is 3.32. The van der Waals surface area contributed by atoms with Gasteiger partial charge in [0.25, 0.3) is 0 Å². The van der Waals surface area contributed by atoms with Crippen LogP contribution in [0.25, 0.3) is 0 Å². The van der Waals surface area contributed by atoms with Crippen molar-refractivity contribution in [3.05, 3.63) is 46.5 Å². The van der Waals surface area contributed by atoms with E-state index in [1.807, 2.05) is 22.9 Å². The molecule has 2 rings (SSSR count). The summed E-state index contributed by atoms with van der Waals surface area (Å²) in [6, 6.07) is 8.59. The molecule has 0 saturated heterocycles. The van der Waals surface area contributed by atoms with E-state index in [1.165, 1.54) is 5.56 Å². The lowest BCUT2D eigenvalue weighted by Gasteiger charge is -2.05. The second-order valence-electron chi connectivity index (χ2n) is 4.49. The zero-order chi connectivity index (χ0) is 13.0. The molecule has 0 spiro atoms. The maximum Gasteiger partial charge on any atom is 0.164 e. The van der Waals surface area contributed by atoms with Gasteiger partial charge in [0.1, 0.15) is 6.33 Å². The molecule has 0 unspecified atom stereocenters. The van der Waals surface area contributed by atoms with E-state index < -0.39 is 0 Å². The maximum atomic E-state index is 4.44. The minimum absolute atomic E-state index is 0.445. The van der Waals surface area contributed by atoms with Crippen LogP contribution in [-0.4, -0.2) is 20.8 Å². The van der Waals surface area contributed by atoms with Gasteiger partial charge < -0.3 is 5.32 Å². The lowest BCUT2D eigenvalue weighted by atomic mass is 10.2. The van der Waals surface area contributed by atoms with E-state index in [4.69, 9.17) is 0 Å². The number of halogens is 1. The molecule has 1 N–H and O–H groups in total. The Labute approximate surface area is 116 Å². The van der Waals surface area contributed by atoms with Gasteiger partial charge in [0.15, 0.2) is 5.82 Å². The molecule has 0 radical (unpaired) electrons. The van der Waals surface area contributed by atoms with Crippen molar-refractivity contribution >= 4 is 15.9 Å². The highest BCUT2D eigenvalue weighted by molar-refractivity contribution is 9.10. The Morgan fingerprint density at radius 3 is 2.83 bits per heavy atom. The number of hydrogen-bond acceptors (Lipinski definition) is 3. The summed E-state index contributed by atoms with van der Waals surface area (Å²) in [7, 11) is 0. The molecule has 0 aliphatic heterocycles. The van der Waals surface area contributed by atoms with E-state index in [2.05, 4.69) is 51.2 Å². The molecule has 18 heavy (non-hydrogen) atoms. The molecule has 0 amide bonds. The molecule has 0 saturated carbocycles. The summed E-state index contributed by atoms with van der Waals surface area (Å²) in [6.07, 6.45) is 1.77. The molecule has 1 heterocycles. The fraction of sp³-hybridized carbons (Fsp3) is 0.385. The zero-order valence-electron chi connectivity index (χ0n) is 10.6. The first-order valence-corrected chi connectivity index (χ1v) is 6.79. The summed E-state index contributed by atoms with van der Waals surface area (Å²) < 4.78 is 2.96. The molecule has 4 nitrogen and oxygen atoms in total. The summed E-state index contributed by atoms with van der Waals surface area (Å²) >= 11 is 3.54. The van der Waals surface area contributed by atoms with Crippen LogP contribution in [0.3, 0.4) is 0 Å². The molecule has 0 atom stereocenters. The Morgan fingerprint density at radius 2 is 2.11 bits per heavy atom. The first-order chi connectivity index (χ1) is 8.65. The highest BCUT2D eigenvalue weighted by Crippen LogP contribution is 2.16. The van der Waals surface area contributed by atoms with Gasteiger partial charge in [0.2, 0.25) is 0 Å². The highest BCUT2D eigenvalue weighted by Gasteiger charge is 2.04. The number of rotatable bonds is 5. The van der Waals surface area contributed by atoms with Crippen LogP contribution in [0.2, 0.25) is 0 Å². The first kappa shape index (κ1) is 13.2. The van der Waals surface area contributed by atoms with E-state index in [0.29, 0.717) is 12.6 Å². The van der Waals surface area contributed by atoms with Gasteiger partial charge in [-0.3, -0.25) is 0 Å². The molecular formula is C13H17BrN4. The average molecular weight is 309 g/mol.